The van der Waals surface area contributed by atoms with Gasteiger partial charge in [-0.2, -0.15) is 5.10 Å². The molecule has 9 heteroatoms. The lowest BCUT2D eigenvalue weighted by Gasteiger charge is -2.15. The average Bonchev–Trinajstić information content (AvgIpc) is 2.87. The average molecular weight is 506 g/mol. The summed E-state index contributed by atoms with van der Waals surface area (Å²) >= 11 is 6.30. The molecule has 1 aromatic heterocycles. The lowest BCUT2D eigenvalue weighted by atomic mass is 10.1. The van der Waals surface area contributed by atoms with Crippen LogP contribution in [0, 0.1) is 0 Å². The fourth-order valence-electron chi connectivity index (χ4n) is 3.73. The number of aromatic hydroxyl groups is 1. The van der Waals surface area contributed by atoms with Crippen molar-refractivity contribution in [3.05, 3.63) is 93.2 Å². The molecule has 4 rings (SSSR count). The van der Waals surface area contributed by atoms with E-state index < -0.39 is 11.5 Å². The summed E-state index contributed by atoms with van der Waals surface area (Å²) in [6.45, 7) is 3.78. The molecule has 0 unspecified atom stereocenters. The number of fused-ring (bicyclic) bond motifs is 1. The van der Waals surface area contributed by atoms with Gasteiger partial charge in [-0.05, 0) is 50.2 Å². The second-order valence-electron chi connectivity index (χ2n) is 8.11. The van der Waals surface area contributed by atoms with Gasteiger partial charge in [-0.3, -0.25) is 9.59 Å². The summed E-state index contributed by atoms with van der Waals surface area (Å²) in [7, 11) is 1.49. The lowest BCUT2D eigenvalue weighted by molar-refractivity contribution is 0.0954. The number of methoxy groups -OCH3 is 1. The molecule has 0 fully saturated rings. The first kappa shape index (κ1) is 24.8. The number of para-hydroxylation sites is 1. The van der Waals surface area contributed by atoms with Gasteiger partial charge in [0.05, 0.1) is 35.7 Å². The van der Waals surface area contributed by atoms with Crippen LogP contribution in [0.5, 0.6) is 17.4 Å². The molecule has 0 saturated heterocycles. The smallest absolute Gasteiger partial charge is 0.271 e. The summed E-state index contributed by atoms with van der Waals surface area (Å²) in [5.74, 6) is 0.0760. The van der Waals surface area contributed by atoms with E-state index in [9.17, 15) is 14.7 Å². The molecule has 184 valence electrons. The monoisotopic (exact) mass is 505 g/mol. The van der Waals surface area contributed by atoms with Crippen molar-refractivity contribution in [3.63, 3.8) is 0 Å². The summed E-state index contributed by atoms with van der Waals surface area (Å²) < 4.78 is 12.1. The third-order valence-electron chi connectivity index (χ3n) is 5.35. The van der Waals surface area contributed by atoms with Crippen LogP contribution in [-0.4, -0.2) is 35.0 Å². The molecule has 2 N–H and O–H groups in total. The van der Waals surface area contributed by atoms with Crippen LogP contribution in [0.3, 0.4) is 0 Å². The zero-order valence-electron chi connectivity index (χ0n) is 19.9. The highest BCUT2D eigenvalue weighted by Gasteiger charge is 2.18. The van der Waals surface area contributed by atoms with Gasteiger partial charge in [0, 0.05) is 16.3 Å². The Kier molecular flexibility index (Phi) is 7.26. The van der Waals surface area contributed by atoms with Gasteiger partial charge in [-0.25, -0.2) is 9.99 Å². The van der Waals surface area contributed by atoms with E-state index in [0.29, 0.717) is 38.5 Å². The highest BCUT2D eigenvalue weighted by Crippen LogP contribution is 2.30. The van der Waals surface area contributed by atoms with Crippen LogP contribution in [-0.2, 0) is 0 Å². The first-order valence-electron chi connectivity index (χ1n) is 11.1. The Labute approximate surface area is 212 Å². The second-order valence-corrected chi connectivity index (χ2v) is 8.51. The number of halogens is 1. The number of hydrogen-bond donors (Lipinski definition) is 2. The predicted molar refractivity (Wildman–Crippen MR) is 140 cm³/mol. The molecule has 0 bridgehead atoms. The Morgan fingerprint density at radius 1 is 1.06 bits per heavy atom. The molecule has 0 aliphatic heterocycles. The largest absolute Gasteiger partial charge is 0.494 e. The molecule has 36 heavy (non-hydrogen) atoms. The van der Waals surface area contributed by atoms with Crippen molar-refractivity contribution in [2.45, 2.75) is 20.0 Å². The van der Waals surface area contributed by atoms with Gasteiger partial charge in [-0.1, -0.05) is 41.9 Å². The van der Waals surface area contributed by atoms with Gasteiger partial charge >= 0.3 is 0 Å². The maximum atomic E-state index is 13.2. The number of nitrogens with zero attached hydrogens (tertiary/aromatic N) is 2. The van der Waals surface area contributed by atoms with Gasteiger partial charge in [-0.15, -0.1) is 0 Å². The minimum absolute atomic E-state index is 0.0558. The normalized spacial score (nSPS) is 11.2. The Hall–Kier alpha value is -4.30. The minimum atomic E-state index is -0.496. The number of ether oxygens (including phenoxy) is 2. The maximum Gasteiger partial charge on any atom is 0.271 e. The zero-order chi connectivity index (χ0) is 25.8. The molecule has 0 aliphatic rings. The van der Waals surface area contributed by atoms with Crippen molar-refractivity contribution in [2.24, 2.45) is 5.10 Å². The maximum absolute atomic E-state index is 13.2. The second kappa shape index (κ2) is 10.5. The molecule has 0 spiro atoms. The fourth-order valence-corrected chi connectivity index (χ4v) is 3.95. The predicted octanol–water partition coefficient (Wildman–Crippen LogP) is 4.91. The van der Waals surface area contributed by atoms with E-state index in [1.807, 2.05) is 13.8 Å². The number of carbonyl (C=O) groups is 1. The Morgan fingerprint density at radius 3 is 2.44 bits per heavy atom. The standard InChI is InChI=1S/C27H24ClN3O5/c1-16(2)36-23-13-12-17(14-24(23)35-3)25(32)30-29-15-20-18-8-4-5-9-19(18)26(33)31(27(20)34)22-11-7-6-10-21(22)28/h4-16,34H,1-3H3,(H,30,32)/b29-15+. The number of amides is 1. The first-order valence-corrected chi connectivity index (χ1v) is 11.5. The molecule has 8 nitrogen and oxygen atoms in total. The quantitative estimate of drug-likeness (QED) is 0.274. The Morgan fingerprint density at radius 2 is 1.75 bits per heavy atom. The third kappa shape index (κ3) is 4.89. The van der Waals surface area contributed by atoms with E-state index in [0.717, 1.165) is 4.57 Å². The van der Waals surface area contributed by atoms with Gasteiger partial charge in [0.2, 0.25) is 5.88 Å². The number of benzene rings is 3. The first-order chi connectivity index (χ1) is 17.3. The number of nitrogens with one attached hydrogen (secondary N) is 1. The highest BCUT2D eigenvalue weighted by molar-refractivity contribution is 6.32. The summed E-state index contributed by atoms with van der Waals surface area (Å²) in [4.78, 5) is 25.9. The van der Waals surface area contributed by atoms with Crippen molar-refractivity contribution < 1.29 is 19.4 Å². The van der Waals surface area contributed by atoms with E-state index >= 15 is 0 Å². The minimum Gasteiger partial charge on any atom is -0.494 e. The Bertz CT molecular complexity index is 1530. The Balaban J connectivity index is 1.70. The SMILES string of the molecule is COc1cc(C(=O)N/N=C/c2c(O)n(-c3ccccc3Cl)c(=O)c3ccccc23)ccc1OC(C)C. The fraction of sp³-hybridized carbons (Fsp3) is 0.148. The number of pyridine rings is 1. The van der Waals surface area contributed by atoms with Gasteiger partial charge < -0.3 is 14.6 Å². The van der Waals surface area contributed by atoms with Gasteiger partial charge in [0.15, 0.2) is 11.5 Å². The van der Waals surface area contributed by atoms with Crippen molar-refractivity contribution in [2.75, 3.05) is 7.11 Å². The summed E-state index contributed by atoms with van der Waals surface area (Å²) in [5.41, 5.74) is 2.87. The third-order valence-corrected chi connectivity index (χ3v) is 5.66. The molecule has 3 aromatic carbocycles. The van der Waals surface area contributed by atoms with E-state index in [1.165, 1.54) is 13.3 Å². The van der Waals surface area contributed by atoms with Crippen molar-refractivity contribution in [1.29, 1.82) is 0 Å². The van der Waals surface area contributed by atoms with E-state index in [2.05, 4.69) is 10.5 Å². The van der Waals surface area contributed by atoms with Crippen LogP contribution < -0.4 is 20.5 Å². The number of hydrazone groups is 1. The number of aromatic nitrogens is 1. The van der Waals surface area contributed by atoms with Crippen LogP contribution in [0.25, 0.3) is 16.5 Å². The summed E-state index contributed by atoms with van der Waals surface area (Å²) in [5, 5.41) is 16.2. The van der Waals surface area contributed by atoms with Crippen LogP contribution in [0.4, 0.5) is 0 Å². The van der Waals surface area contributed by atoms with Crippen LogP contribution in [0.15, 0.2) is 76.6 Å². The zero-order valence-corrected chi connectivity index (χ0v) is 20.6. The number of carbonyl (C=O) groups excluding carboxylic acids is 1. The van der Waals surface area contributed by atoms with Gasteiger partial charge in [0.1, 0.15) is 0 Å². The van der Waals surface area contributed by atoms with Crippen molar-refractivity contribution in [1.82, 2.24) is 9.99 Å². The van der Waals surface area contributed by atoms with Gasteiger partial charge in [0.25, 0.3) is 11.5 Å². The molecular weight excluding hydrogens is 482 g/mol. The van der Waals surface area contributed by atoms with Crippen LogP contribution >= 0.6 is 11.6 Å². The molecule has 1 heterocycles. The number of hydrogen-bond acceptors (Lipinski definition) is 6. The molecule has 1 amide bonds. The van der Waals surface area contributed by atoms with E-state index in [-0.39, 0.29) is 17.5 Å². The molecule has 0 atom stereocenters. The van der Waals surface area contributed by atoms with Crippen molar-refractivity contribution in [3.8, 4) is 23.1 Å². The molecule has 0 aliphatic carbocycles. The van der Waals surface area contributed by atoms with Crippen LogP contribution in [0.2, 0.25) is 5.02 Å². The van der Waals surface area contributed by atoms with Crippen molar-refractivity contribution >= 4 is 34.5 Å². The molecular formula is C27H24ClN3O5. The van der Waals surface area contributed by atoms with Crippen LogP contribution in [0.1, 0.15) is 29.8 Å². The molecule has 0 saturated carbocycles. The lowest BCUT2D eigenvalue weighted by Crippen LogP contribution is -2.21. The highest BCUT2D eigenvalue weighted by atomic mass is 35.5. The summed E-state index contributed by atoms with van der Waals surface area (Å²) in [6.07, 6.45) is 1.23. The van der Waals surface area contributed by atoms with E-state index in [1.54, 1.807) is 66.7 Å². The number of rotatable bonds is 7. The topological polar surface area (TPSA) is 102 Å². The molecule has 0 radical (unpaired) electrons. The summed E-state index contributed by atoms with van der Waals surface area (Å²) in [6, 6.07) is 18.3. The molecule has 4 aromatic rings. The van der Waals surface area contributed by atoms with E-state index in [4.69, 9.17) is 21.1 Å².